The van der Waals surface area contributed by atoms with Gasteiger partial charge in [0.15, 0.2) is 0 Å². The van der Waals surface area contributed by atoms with Crippen molar-refractivity contribution in [2.45, 2.75) is 19.4 Å². The molecule has 7 heteroatoms. The highest BCUT2D eigenvalue weighted by Gasteiger charge is 2.20. The number of methoxy groups -OCH3 is 1. The lowest BCUT2D eigenvalue weighted by Gasteiger charge is -2.13. The normalized spacial score (nSPS) is 11.9. The molecule has 0 spiro atoms. The molecule has 1 unspecified atom stereocenters. The molecule has 18 heavy (non-hydrogen) atoms. The fourth-order valence-electron chi connectivity index (χ4n) is 1.24. The van der Waals surface area contributed by atoms with E-state index in [0.29, 0.717) is 5.69 Å². The first-order valence-electron chi connectivity index (χ1n) is 5.36. The number of aryl methyl sites for hydroxylation is 1. The number of carboxylic acid groups (broad SMARTS) is 1. The van der Waals surface area contributed by atoms with Crippen LogP contribution < -0.4 is 5.32 Å². The lowest BCUT2D eigenvalue weighted by atomic mass is 10.2. The molecule has 0 aliphatic carbocycles. The number of carbonyl (C=O) groups excluding carboxylic acids is 1. The molecule has 0 saturated carbocycles. The van der Waals surface area contributed by atoms with Crippen molar-refractivity contribution in [2.24, 2.45) is 0 Å². The standard InChI is InChI=1S/C11H15N3O4/c1-7-5-13-9(6-12-7)10(15)14-8(11(16)17)3-4-18-2/h5-6,8H,3-4H2,1-2H3,(H,14,15)(H,16,17). The SMILES string of the molecule is COCCC(NC(=O)c1cnc(C)cn1)C(=O)O. The summed E-state index contributed by atoms with van der Waals surface area (Å²) >= 11 is 0. The van der Waals surface area contributed by atoms with Gasteiger partial charge in [0.25, 0.3) is 5.91 Å². The first kappa shape index (κ1) is 14.0. The van der Waals surface area contributed by atoms with E-state index in [1.807, 2.05) is 0 Å². The van der Waals surface area contributed by atoms with Crippen molar-refractivity contribution in [3.8, 4) is 0 Å². The first-order valence-corrected chi connectivity index (χ1v) is 5.36. The molecule has 1 aromatic rings. The zero-order valence-electron chi connectivity index (χ0n) is 10.2. The quantitative estimate of drug-likeness (QED) is 0.740. The summed E-state index contributed by atoms with van der Waals surface area (Å²) in [7, 11) is 1.46. The molecule has 0 bridgehead atoms. The van der Waals surface area contributed by atoms with Gasteiger partial charge >= 0.3 is 5.97 Å². The Labute approximate surface area is 104 Å². The third-order valence-corrected chi connectivity index (χ3v) is 2.23. The van der Waals surface area contributed by atoms with E-state index in [2.05, 4.69) is 15.3 Å². The van der Waals surface area contributed by atoms with Crippen LogP contribution in [-0.2, 0) is 9.53 Å². The van der Waals surface area contributed by atoms with Crippen LogP contribution in [0.2, 0.25) is 0 Å². The Morgan fingerprint density at radius 3 is 2.67 bits per heavy atom. The van der Waals surface area contributed by atoms with Gasteiger partial charge in [0, 0.05) is 26.3 Å². The van der Waals surface area contributed by atoms with Crippen molar-refractivity contribution in [3.63, 3.8) is 0 Å². The van der Waals surface area contributed by atoms with Gasteiger partial charge < -0.3 is 15.2 Å². The van der Waals surface area contributed by atoms with Crippen molar-refractivity contribution < 1.29 is 19.4 Å². The van der Waals surface area contributed by atoms with E-state index >= 15 is 0 Å². The predicted molar refractivity (Wildman–Crippen MR) is 62.2 cm³/mol. The van der Waals surface area contributed by atoms with Crippen molar-refractivity contribution >= 4 is 11.9 Å². The summed E-state index contributed by atoms with van der Waals surface area (Å²) in [6.45, 7) is 1.99. The van der Waals surface area contributed by atoms with Crippen LogP contribution in [0, 0.1) is 6.92 Å². The molecule has 2 N–H and O–H groups in total. The molecule has 98 valence electrons. The zero-order chi connectivity index (χ0) is 13.5. The molecule has 0 fully saturated rings. The number of ether oxygens (including phenoxy) is 1. The fourth-order valence-corrected chi connectivity index (χ4v) is 1.24. The van der Waals surface area contributed by atoms with Crippen LogP contribution in [0.15, 0.2) is 12.4 Å². The maximum absolute atomic E-state index is 11.7. The highest BCUT2D eigenvalue weighted by Crippen LogP contribution is 1.98. The van der Waals surface area contributed by atoms with Crippen molar-refractivity contribution in [1.29, 1.82) is 0 Å². The molecule has 0 aromatic carbocycles. The van der Waals surface area contributed by atoms with Crippen molar-refractivity contribution in [3.05, 3.63) is 23.8 Å². The highest BCUT2D eigenvalue weighted by molar-refractivity contribution is 5.94. The van der Waals surface area contributed by atoms with E-state index in [0.717, 1.165) is 0 Å². The minimum Gasteiger partial charge on any atom is -0.480 e. The van der Waals surface area contributed by atoms with E-state index in [1.165, 1.54) is 19.5 Å². The Hall–Kier alpha value is -2.02. The Morgan fingerprint density at radius 1 is 1.44 bits per heavy atom. The number of aliphatic carboxylic acids is 1. The van der Waals surface area contributed by atoms with Gasteiger partial charge in [0.1, 0.15) is 11.7 Å². The van der Waals surface area contributed by atoms with Crippen LogP contribution in [0.1, 0.15) is 22.6 Å². The molecule has 0 radical (unpaired) electrons. The summed E-state index contributed by atoms with van der Waals surface area (Å²) in [5, 5.41) is 11.3. The zero-order valence-corrected chi connectivity index (χ0v) is 10.2. The Balaban J connectivity index is 2.66. The summed E-state index contributed by atoms with van der Waals surface area (Å²) in [5.41, 5.74) is 0.769. The van der Waals surface area contributed by atoms with Crippen LogP contribution in [0.25, 0.3) is 0 Å². The van der Waals surface area contributed by atoms with Gasteiger partial charge in [-0.05, 0) is 6.92 Å². The number of aromatic nitrogens is 2. The average Bonchev–Trinajstić information content (AvgIpc) is 2.34. The second-order valence-electron chi connectivity index (χ2n) is 3.69. The van der Waals surface area contributed by atoms with Crippen molar-refractivity contribution in [2.75, 3.05) is 13.7 Å². The number of hydrogen-bond acceptors (Lipinski definition) is 5. The van der Waals surface area contributed by atoms with Gasteiger partial charge in [-0.2, -0.15) is 0 Å². The molecular weight excluding hydrogens is 238 g/mol. The Bertz CT molecular complexity index is 419. The van der Waals surface area contributed by atoms with Crippen LogP contribution in [0.3, 0.4) is 0 Å². The van der Waals surface area contributed by atoms with Gasteiger partial charge in [-0.25, -0.2) is 9.78 Å². The predicted octanol–water partition coefficient (Wildman–Crippen LogP) is 0.00452. The summed E-state index contributed by atoms with van der Waals surface area (Å²) < 4.78 is 4.78. The highest BCUT2D eigenvalue weighted by atomic mass is 16.5. The van der Waals surface area contributed by atoms with Crippen LogP contribution in [0.5, 0.6) is 0 Å². The molecule has 0 saturated heterocycles. The maximum Gasteiger partial charge on any atom is 0.326 e. The Kier molecular flexibility index (Phi) is 5.19. The summed E-state index contributed by atoms with van der Waals surface area (Å²) in [6, 6.07) is -0.999. The third kappa shape index (κ3) is 4.10. The van der Waals surface area contributed by atoms with Gasteiger partial charge in [-0.15, -0.1) is 0 Å². The number of nitrogens with one attached hydrogen (secondary N) is 1. The Morgan fingerprint density at radius 2 is 2.17 bits per heavy atom. The fraction of sp³-hybridized carbons (Fsp3) is 0.455. The number of nitrogens with zero attached hydrogens (tertiary/aromatic N) is 2. The third-order valence-electron chi connectivity index (χ3n) is 2.23. The lowest BCUT2D eigenvalue weighted by molar-refractivity contribution is -0.139. The van der Waals surface area contributed by atoms with Crippen LogP contribution >= 0.6 is 0 Å². The lowest BCUT2D eigenvalue weighted by Crippen LogP contribution is -2.41. The van der Waals surface area contributed by atoms with Crippen molar-refractivity contribution in [1.82, 2.24) is 15.3 Å². The first-order chi connectivity index (χ1) is 8.54. The summed E-state index contributed by atoms with van der Waals surface area (Å²) in [4.78, 5) is 30.4. The number of amides is 1. The molecular formula is C11H15N3O4. The maximum atomic E-state index is 11.7. The molecule has 7 nitrogen and oxygen atoms in total. The molecule has 1 aromatic heterocycles. The van der Waals surface area contributed by atoms with Crippen LogP contribution in [-0.4, -0.2) is 46.7 Å². The van der Waals surface area contributed by atoms with Gasteiger partial charge in [0.2, 0.25) is 0 Å². The van der Waals surface area contributed by atoms with E-state index in [9.17, 15) is 9.59 Å². The molecule has 1 heterocycles. The van der Waals surface area contributed by atoms with E-state index in [4.69, 9.17) is 9.84 Å². The monoisotopic (exact) mass is 253 g/mol. The van der Waals surface area contributed by atoms with Crippen LogP contribution in [0.4, 0.5) is 0 Å². The minimum absolute atomic E-state index is 0.0873. The topological polar surface area (TPSA) is 101 Å². The van der Waals surface area contributed by atoms with E-state index in [1.54, 1.807) is 6.92 Å². The number of carbonyl (C=O) groups is 2. The summed E-state index contributed by atoms with van der Waals surface area (Å²) in [5.74, 6) is -1.67. The molecule has 0 aliphatic heterocycles. The smallest absolute Gasteiger partial charge is 0.326 e. The molecule has 1 atom stereocenters. The largest absolute Gasteiger partial charge is 0.480 e. The number of rotatable bonds is 6. The second-order valence-corrected chi connectivity index (χ2v) is 3.69. The second kappa shape index (κ2) is 6.65. The average molecular weight is 253 g/mol. The van der Waals surface area contributed by atoms with Gasteiger partial charge in [0.05, 0.1) is 11.9 Å². The molecule has 1 rings (SSSR count). The van der Waals surface area contributed by atoms with Gasteiger partial charge in [-0.1, -0.05) is 0 Å². The molecule has 1 amide bonds. The number of hydrogen-bond donors (Lipinski definition) is 2. The minimum atomic E-state index is -1.11. The molecule has 0 aliphatic rings. The van der Waals surface area contributed by atoms with E-state index < -0.39 is 17.9 Å². The van der Waals surface area contributed by atoms with E-state index in [-0.39, 0.29) is 18.7 Å². The summed E-state index contributed by atoms with van der Waals surface area (Å²) in [6.07, 6.45) is 2.94. The number of carboxylic acids is 1. The van der Waals surface area contributed by atoms with Gasteiger partial charge in [-0.3, -0.25) is 9.78 Å².